The molecule has 0 unspecified atom stereocenters. The Morgan fingerprint density at radius 3 is 2.96 bits per heavy atom. The van der Waals surface area contributed by atoms with Crippen molar-refractivity contribution in [1.29, 1.82) is 0 Å². The molecule has 26 heavy (non-hydrogen) atoms. The number of hydrogen-bond donors (Lipinski definition) is 1. The summed E-state index contributed by atoms with van der Waals surface area (Å²) in [6, 6.07) is 8.61. The summed E-state index contributed by atoms with van der Waals surface area (Å²) in [6.07, 6.45) is 3.19. The summed E-state index contributed by atoms with van der Waals surface area (Å²) in [5.74, 6) is -0.0411. The van der Waals surface area contributed by atoms with Crippen LogP contribution >= 0.6 is 23.4 Å². The largest absolute Gasteiger partial charge is 0.477 e. The Morgan fingerprint density at radius 2 is 2.23 bits per heavy atom. The SMILES string of the molecule is CCOc1ncccc1C(=O)Nc1cc(Cl)ccc1Sc1nncn1C. The first kappa shape index (κ1) is 18.2. The molecule has 0 saturated carbocycles. The lowest BCUT2D eigenvalue weighted by Gasteiger charge is -2.12. The van der Waals surface area contributed by atoms with Crippen molar-refractivity contribution in [3.63, 3.8) is 0 Å². The van der Waals surface area contributed by atoms with Crippen LogP contribution in [0.15, 0.2) is 52.9 Å². The lowest BCUT2D eigenvalue weighted by atomic mass is 10.2. The molecule has 9 heteroatoms. The topological polar surface area (TPSA) is 81.9 Å². The van der Waals surface area contributed by atoms with Gasteiger partial charge < -0.3 is 14.6 Å². The van der Waals surface area contributed by atoms with Gasteiger partial charge in [-0.05, 0) is 49.0 Å². The number of benzene rings is 1. The number of aromatic nitrogens is 4. The summed E-state index contributed by atoms with van der Waals surface area (Å²) in [5.41, 5.74) is 0.922. The van der Waals surface area contributed by atoms with Gasteiger partial charge in [-0.1, -0.05) is 11.6 Å². The minimum Gasteiger partial charge on any atom is -0.477 e. The number of pyridine rings is 1. The first-order valence-corrected chi connectivity index (χ1v) is 8.98. The quantitative estimate of drug-likeness (QED) is 0.692. The third kappa shape index (κ3) is 4.14. The number of anilines is 1. The van der Waals surface area contributed by atoms with Crippen molar-refractivity contribution in [3.05, 3.63) is 53.4 Å². The van der Waals surface area contributed by atoms with Gasteiger partial charge in [0.25, 0.3) is 5.91 Å². The van der Waals surface area contributed by atoms with Crippen LogP contribution in [-0.2, 0) is 7.05 Å². The molecule has 3 rings (SSSR count). The number of hydrogen-bond acceptors (Lipinski definition) is 6. The molecule has 0 aliphatic rings. The Hall–Kier alpha value is -2.58. The van der Waals surface area contributed by atoms with Gasteiger partial charge in [-0.15, -0.1) is 10.2 Å². The van der Waals surface area contributed by atoms with Crippen LogP contribution in [0.5, 0.6) is 5.88 Å². The number of halogens is 1. The summed E-state index contributed by atoms with van der Waals surface area (Å²) >= 11 is 7.49. The van der Waals surface area contributed by atoms with E-state index in [0.29, 0.717) is 28.0 Å². The van der Waals surface area contributed by atoms with Gasteiger partial charge in [0.1, 0.15) is 11.9 Å². The van der Waals surface area contributed by atoms with Gasteiger partial charge in [-0.3, -0.25) is 4.79 Å². The molecule has 1 aromatic carbocycles. The monoisotopic (exact) mass is 389 g/mol. The second kappa shape index (κ2) is 8.20. The third-order valence-electron chi connectivity index (χ3n) is 3.36. The number of aryl methyl sites for hydroxylation is 1. The molecule has 0 atom stereocenters. The Balaban J connectivity index is 1.88. The van der Waals surface area contributed by atoms with E-state index in [2.05, 4.69) is 20.5 Å². The fourth-order valence-electron chi connectivity index (χ4n) is 2.16. The molecule has 0 fully saturated rings. The summed E-state index contributed by atoms with van der Waals surface area (Å²) in [6.45, 7) is 2.25. The highest BCUT2D eigenvalue weighted by atomic mass is 35.5. The second-order valence-corrected chi connectivity index (χ2v) is 6.66. The number of ether oxygens (including phenoxy) is 1. The molecule has 0 spiro atoms. The van der Waals surface area contributed by atoms with E-state index >= 15 is 0 Å². The molecule has 1 N–H and O–H groups in total. The number of rotatable bonds is 6. The van der Waals surface area contributed by atoms with E-state index in [9.17, 15) is 4.79 Å². The molecule has 3 aromatic rings. The van der Waals surface area contributed by atoms with Gasteiger partial charge >= 0.3 is 0 Å². The maximum absolute atomic E-state index is 12.7. The van der Waals surface area contributed by atoms with Crippen molar-refractivity contribution in [2.45, 2.75) is 17.0 Å². The molecule has 0 bridgehead atoms. The van der Waals surface area contributed by atoms with Crippen molar-refractivity contribution in [1.82, 2.24) is 19.7 Å². The number of nitrogens with zero attached hydrogens (tertiary/aromatic N) is 4. The highest BCUT2D eigenvalue weighted by Crippen LogP contribution is 2.34. The van der Waals surface area contributed by atoms with Gasteiger partial charge in [0.2, 0.25) is 5.88 Å². The van der Waals surface area contributed by atoms with Crippen molar-refractivity contribution in [3.8, 4) is 5.88 Å². The fraction of sp³-hybridized carbons (Fsp3) is 0.176. The average Bonchev–Trinajstić information content (AvgIpc) is 3.03. The predicted molar refractivity (Wildman–Crippen MR) is 99.9 cm³/mol. The summed E-state index contributed by atoms with van der Waals surface area (Å²) in [7, 11) is 1.85. The second-order valence-electron chi connectivity index (χ2n) is 5.21. The number of amides is 1. The molecular weight excluding hydrogens is 374 g/mol. The predicted octanol–water partition coefficient (Wildman–Crippen LogP) is 3.67. The average molecular weight is 390 g/mol. The van der Waals surface area contributed by atoms with Crippen LogP contribution in [0, 0.1) is 0 Å². The van der Waals surface area contributed by atoms with Crippen LogP contribution in [-0.4, -0.2) is 32.3 Å². The zero-order valence-electron chi connectivity index (χ0n) is 14.1. The van der Waals surface area contributed by atoms with Gasteiger partial charge in [0.15, 0.2) is 5.16 Å². The van der Waals surface area contributed by atoms with Gasteiger partial charge in [-0.25, -0.2) is 4.98 Å². The normalized spacial score (nSPS) is 10.6. The van der Waals surface area contributed by atoms with E-state index in [1.807, 2.05) is 20.0 Å². The Labute approximate surface area is 159 Å². The van der Waals surface area contributed by atoms with Crippen molar-refractivity contribution < 1.29 is 9.53 Å². The molecule has 1 amide bonds. The summed E-state index contributed by atoms with van der Waals surface area (Å²) in [4.78, 5) is 17.6. The Kier molecular flexibility index (Phi) is 5.75. The smallest absolute Gasteiger partial charge is 0.261 e. The highest BCUT2D eigenvalue weighted by molar-refractivity contribution is 7.99. The fourth-order valence-corrected chi connectivity index (χ4v) is 3.16. The van der Waals surface area contributed by atoms with E-state index in [4.69, 9.17) is 16.3 Å². The zero-order chi connectivity index (χ0) is 18.5. The maximum Gasteiger partial charge on any atom is 0.261 e. The summed E-state index contributed by atoms with van der Waals surface area (Å²) in [5, 5.41) is 12.0. The maximum atomic E-state index is 12.7. The van der Waals surface area contributed by atoms with Crippen LogP contribution in [0.25, 0.3) is 0 Å². The van der Waals surface area contributed by atoms with E-state index in [1.54, 1.807) is 41.4 Å². The van der Waals surface area contributed by atoms with Crippen LogP contribution in [0.4, 0.5) is 5.69 Å². The standard InChI is InChI=1S/C17H16ClN5O2S/c1-3-25-16-12(5-4-8-19-16)15(24)21-13-9-11(18)6-7-14(13)26-17-22-20-10-23(17)2/h4-10H,3H2,1-2H3,(H,21,24). The molecule has 2 aromatic heterocycles. The highest BCUT2D eigenvalue weighted by Gasteiger charge is 2.16. The number of carbonyl (C=O) groups is 1. The van der Waals surface area contributed by atoms with Crippen LogP contribution in [0.3, 0.4) is 0 Å². The van der Waals surface area contributed by atoms with Crippen molar-refractivity contribution in [2.75, 3.05) is 11.9 Å². The molecule has 134 valence electrons. The first-order valence-electron chi connectivity index (χ1n) is 7.79. The molecule has 2 heterocycles. The Bertz CT molecular complexity index is 931. The lowest BCUT2D eigenvalue weighted by Crippen LogP contribution is -2.15. The van der Waals surface area contributed by atoms with E-state index in [1.165, 1.54) is 11.8 Å². The van der Waals surface area contributed by atoms with E-state index in [0.717, 1.165) is 4.90 Å². The molecule has 7 nitrogen and oxygen atoms in total. The number of carbonyl (C=O) groups excluding carboxylic acids is 1. The molecule has 0 aliphatic heterocycles. The van der Waals surface area contributed by atoms with Crippen LogP contribution in [0.2, 0.25) is 5.02 Å². The number of nitrogens with one attached hydrogen (secondary N) is 1. The van der Waals surface area contributed by atoms with Gasteiger partial charge in [0.05, 0.1) is 12.3 Å². The van der Waals surface area contributed by atoms with Crippen LogP contribution in [0.1, 0.15) is 17.3 Å². The third-order valence-corrected chi connectivity index (χ3v) is 4.72. The van der Waals surface area contributed by atoms with E-state index < -0.39 is 0 Å². The minimum absolute atomic E-state index is 0.289. The zero-order valence-corrected chi connectivity index (χ0v) is 15.7. The molecular formula is C17H16ClN5O2S. The summed E-state index contributed by atoms with van der Waals surface area (Å²) < 4.78 is 7.22. The Morgan fingerprint density at radius 1 is 1.38 bits per heavy atom. The van der Waals surface area contributed by atoms with Gasteiger partial charge in [-0.2, -0.15) is 0 Å². The molecule has 0 radical (unpaired) electrons. The molecule has 0 aliphatic carbocycles. The molecule has 0 saturated heterocycles. The van der Waals surface area contributed by atoms with Crippen molar-refractivity contribution in [2.24, 2.45) is 7.05 Å². The first-order chi connectivity index (χ1) is 12.6. The van der Waals surface area contributed by atoms with E-state index in [-0.39, 0.29) is 11.8 Å². The minimum atomic E-state index is -0.330. The van der Waals surface area contributed by atoms with Crippen molar-refractivity contribution >= 4 is 35.0 Å². The van der Waals surface area contributed by atoms with Crippen LogP contribution < -0.4 is 10.1 Å². The van der Waals surface area contributed by atoms with Gasteiger partial charge in [0, 0.05) is 23.2 Å². The lowest BCUT2D eigenvalue weighted by molar-refractivity contribution is 0.102.